The first kappa shape index (κ1) is 13.2. The molecule has 4 nitrogen and oxygen atoms in total. The Morgan fingerprint density at radius 1 is 0.950 bits per heavy atom. The van der Waals surface area contributed by atoms with Gasteiger partial charge in [-0.1, -0.05) is 42.5 Å². The standard InChI is InChI=1S/C15H15BO4/c17-8-11-4-1-2-7-14(11)16-19-10-13-6-3-5-12(9-18)15(13)20-16/h1-7,17-18H,8-10H2. The van der Waals surface area contributed by atoms with Crippen LogP contribution in [0.4, 0.5) is 0 Å². The van der Waals surface area contributed by atoms with Crippen molar-refractivity contribution in [3.05, 3.63) is 59.2 Å². The van der Waals surface area contributed by atoms with Crippen LogP contribution >= 0.6 is 0 Å². The van der Waals surface area contributed by atoms with Gasteiger partial charge < -0.3 is 19.5 Å². The van der Waals surface area contributed by atoms with Crippen LogP contribution in [-0.4, -0.2) is 17.3 Å². The molecule has 1 heterocycles. The molecule has 0 radical (unpaired) electrons. The number of rotatable bonds is 3. The summed E-state index contributed by atoms with van der Waals surface area (Å²) >= 11 is 0. The van der Waals surface area contributed by atoms with E-state index in [9.17, 15) is 10.2 Å². The maximum Gasteiger partial charge on any atom is 0.563 e. The topological polar surface area (TPSA) is 58.9 Å². The van der Waals surface area contributed by atoms with Crippen LogP contribution in [0.5, 0.6) is 5.75 Å². The number of aliphatic hydroxyl groups is 2. The van der Waals surface area contributed by atoms with Crippen LogP contribution in [0, 0.1) is 0 Å². The monoisotopic (exact) mass is 270 g/mol. The van der Waals surface area contributed by atoms with E-state index in [1.54, 1.807) is 0 Å². The number of aliphatic hydroxyl groups excluding tert-OH is 2. The number of hydrogen-bond acceptors (Lipinski definition) is 4. The van der Waals surface area contributed by atoms with Gasteiger partial charge in [-0.3, -0.25) is 0 Å². The second-order valence-electron chi connectivity index (χ2n) is 4.68. The van der Waals surface area contributed by atoms with Gasteiger partial charge in [0.1, 0.15) is 5.75 Å². The molecule has 2 aromatic carbocycles. The van der Waals surface area contributed by atoms with Crippen molar-refractivity contribution in [2.75, 3.05) is 0 Å². The number of hydrogen-bond donors (Lipinski definition) is 2. The second kappa shape index (κ2) is 5.67. The van der Waals surface area contributed by atoms with Gasteiger partial charge in [-0.2, -0.15) is 0 Å². The molecule has 0 atom stereocenters. The van der Waals surface area contributed by atoms with Crippen LogP contribution in [-0.2, 0) is 24.5 Å². The highest BCUT2D eigenvalue weighted by Gasteiger charge is 2.32. The highest BCUT2D eigenvalue weighted by molar-refractivity contribution is 6.62. The summed E-state index contributed by atoms with van der Waals surface area (Å²) in [6, 6.07) is 13.1. The molecule has 102 valence electrons. The zero-order valence-corrected chi connectivity index (χ0v) is 11.0. The molecular formula is C15H15BO4. The largest absolute Gasteiger partial charge is 0.563 e. The van der Waals surface area contributed by atoms with Gasteiger partial charge in [-0.05, 0) is 5.56 Å². The van der Waals surface area contributed by atoms with Crippen molar-refractivity contribution in [1.82, 2.24) is 0 Å². The Balaban J connectivity index is 1.95. The van der Waals surface area contributed by atoms with Crippen molar-refractivity contribution in [2.45, 2.75) is 19.8 Å². The Morgan fingerprint density at radius 3 is 2.50 bits per heavy atom. The molecule has 0 unspecified atom stereocenters. The van der Waals surface area contributed by atoms with E-state index in [1.165, 1.54) is 0 Å². The molecule has 0 aliphatic carbocycles. The highest BCUT2D eigenvalue weighted by atomic mass is 16.6. The van der Waals surface area contributed by atoms with E-state index < -0.39 is 7.12 Å². The summed E-state index contributed by atoms with van der Waals surface area (Å²) in [6.07, 6.45) is 0. The van der Waals surface area contributed by atoms with E-state index in [0.29, 0.717) is 12.4 Å². The van der Waals surface area contributed by atoms with E-state index >= 15 is 0 Å². The Hall–Kier alpha value is -1.82. The first-order chi connectivity index (χ1) is 9.83. The highest BCUT2D eigenvalue weighted by Crippen LogP contribution is 2.29. The van der Waals surface area contributed by atoms with E-state index in [0.717, 1.165) is 22.2 Å². The van der Waals surface area contributed by atoms with E-state index in [1.807, 2.05) is 42.5 Å². The van der Waals surface area contributed by atoms with E-state index in [4.69, 9.17) is 9.31 Å². The Morgan fingerprint density at radius 2 is 1.70 bits per heavy atom. The Bertz CT molecular complexity index is 600. The van der Waals surface area contributed by atoms with Gasteiger partial charge in [0.15, 0.2) is 0 Å². The summed E-state index contributed by atoms with van der Waals surface area (Å²) in [7, 11) is -0.557. The molecular weight excluding hydrogens is 255 g/mol. The first-order valence-electron chi connectivity index (χ1n) is 6.52. The third kappa shape index (κ3) is 2.31. The minimum Gasteiger partial charge on any atom is -0.532 e. The SMILES string of the molecule is OCc1ccccc1B1OCc2cccc(CO)c2O1. The third-order valence-corrected chi connectivity index (χ3v) is 3.44. The van der Waals surface area contributed by atoms with Crippen LogP contribution in [0.2, 0.25) is 0 Å². The van der Waals surface area contributed by atoms with Crippen molar-refractivity contribution < 1.29 is 19.5 Å². The van der Waals surface area contributed by atoms with Gasteiger partial charge in [0.25, 0.3) is 0 Å². The van der Waals surface area contributed by atoms with E-state index in [-0.39, 0.29) is 13.2 Å². The molecule has 2 aromatic rings. The molecule has 0 saturated heterocycles. The quantitative estimate of drug-likeness (QED) is 0.816. The van der Waals surface area contributed by atoms with Crippen molar-refractivity contribution in [3.63, 3.8) is 0 Å². The Kier molecular flexibility index (Phi) is 3.73. The van der Waals surface area contributed by atoms with Gasteiger partial charge in [0, 0.05) is 16.6 Å². The molecule has 2 N–H and O–H groups in total. The number of benzene rings is 2. The fourth-order valence-electron chi connectivity index (χ4n) is 2.40. The summed E-state index contributed by atoms with van der Waals surface area (Å²) in [5.41, 5.74) is 3.27. The first-order valence-corrected chi connectivity index (χ1v) is 6.52. The molecule has 1 aliphatic rings. The van der Waals surface area contributed by atoms with Gasteiger partial charge >= 0.3 is 7.12 Å². The van der Waals surface area contributed by atoms with Gasteiger partial charge in [-0.25, -0.2) is 0 Å². The molecule has 0 fully saturated rings. The average Bonchev–Trinajstić information content (AvgIpc) is 2.53. The fraction of sp³-hybridized carbons (Fsp3) is 0.200. The van der Waals surface area contributed by atoms with Crippen molar-refractivity contribution in [3.8, 4) is 5.75 Å². The summed E-state index contributed by atoms with van der Waals surface area (Å²) in [6.45, 7) is 0.291. The average molecular weight is 270 g/mol. The summed E-state index contributed by atoms with van der Waals surface area (Å²) in [5, 5.41) is 18.8. The van der Waals surface area contributed by atoms with Crippen molar-refractivity contribution in [1.29, 1.82) is 0 Å². The number of fused-ring (bicyclic) bond motifs is 1. The second-order valence-corrected chi connectivity index (χ2v) is 4.68. The maximum atomic E-state index is 9.39. The third-order valence-electron chi connectivity index (χ3n) is 3.44. The molecule has 0 spiro atoms. The van der Waals surface area contributed by atoms with Crippen LogP contribution < -0.4 is 10.1 Å². The molecule has 0 saturated carbocycles. The fourth-order valence-corrected chi connectivity index (χ4v) is 2.40. The van der Waals surface area contributed by atoms with Crippen LogP contribution in [0.1, 0.15) is 16.7 Å². The maximum absolute atomic E-state index is 9.39. The zero-order valence-electron chi connectivity index (χ0n) is 11.0. The van der Waals surface area contributed by atoms with Gasteiger partial charge in [-0.15, -0.1) is 0 Å². The van der Waals surface area contributed by atoms with Crippen LogP contribution in [0.25, 0.3) is 0 Å². The van der Waals surface area contributed by atoms with Gasteiger partial charge in [0.2, 0.25) is 0 Å². The molecule has 0 bridgehead atoms. The predicted molar refractivity (Wildman–Crippen MR) is 75.5 cm³/mol. The molecule has 5 heteroatoms. The molecule has 3 rings (SSSR count). The lowest BCUT2D eigenvalue weighted by Crippen LogP contribution is -2.44. The lowest BCUT2D eigenvalue weighted by Gasteiger charge is -2.26. The van der Waals surface area contributed by atoms with Gasteiger partial charge in [0.05, 0.1) is 19.8 Å². The van der Waals surface area contributed by atoms with Crippen molar-refractivity contribution >= 4 is 12.6 Å². The van der Waals surface area contributed by atoms with Crippen molar-refractivity contribution in [2.24, 2.45) is 0 Å². The predicted octanol–water partition coefficient (Wildman–Crippen LogP) is 0.976. The number of para-hydroxylation sites is 1. The normalized spacial score (nSPS) is 13.8. The summed E-state index contributed by atoms with van der Waals surface area (Å²) in [5.74, 6) is 0.680. The summed E-state index contributed by atoms with van der Waals surface area (Å²) < 4.78 is 11.6. The minimum absolute atomic E-state index is 0.0616. The Labute approximate surface area is 117 Å². The minimum atomic E-state index is -0.557. The molecule has 1 aliphatic heterocycles. The van der Waals surface area contributed by atoms with Crippen LogP contribution in [0.15, 0.2) is 42.5 Å². The zero-order chi connectivity index (χ0) is 13.9. The van der Waals surface area contributed by atoms with E-state index in [2.05, 4.69) is 0 Å². The van der Waals surface area contributed by atoms with Crippen LogP contribution in [0.3, 0.4) is 0 Å². The molecule has 20 heavy (non-hydrogen) atoms. The summed E-state index contributed by atoms with van der Waals surface area (Å²) in [4.78, 5) is 0. The smallest absolute Gasteiger partial charge is 0.532 e. The molecule has 0 amide bonds. The molecule has 0 aromatic heterocycles. The lowest BCUT2D eigenvalue weighted by molar-refractivity contribution is 0.228. The lowest BCUT2D eigenvalue weighted by atomic mass is 9.74.